The maximum atomic E-state index is 11.8. The van der Waals surface area contributed by atoms with E-state index in [1.54, 1.807) is 0 Å². The highest BCUT2D eigenvalue weighted by Crippen LogP contribution is 2.37. The average Bonchev–Trinajstić information content (AvgIpc) is 2.95. The smallest absolute Gasteiger partial charge is 0.167 e. The van der Waals surface area contributed by atoms with Crippen molar-refractivity contribution in [1.82, 2.24) is 4.40 Å². The maximum absolute atomic E-state index is 11.8. The molecule has 0 fully saturated rings. The second-order valence-corrected chi connectivity index (χ2v) is 6.35. The quantitative estimate of drug-likeness (QED) is 0.601. The zero-order valence-corrected chi connectivity index (χ0v) is 14.7. The Hall–Kier alpha value is -2.55. The van der Waals surface area contributed by atoms with Crippen LogP contribution in [0, 0.1) is 6.92 Å². The fourth-order valence-corrected chi connectivity index (χ4v) is 3.10. The number of aryl methyl sites for hydroxylation is 1. The van der Waals surface area contributed by atoms with Crippen LogP contribution in [0.1, 0.15) is 48.3 Å². The van der Waals surface area contributed by atoms with Gasteiger partial charge in [0.15, 0.2) is 6.29 Å². The molecule has 0 spiro atoms. The molecule has 0 bridgehead atoms. The number of pyridine rings is 1. The number of hydrogen-bond donors (Lipinski definition) is 0. The average molecular weight is 321 g/mol. The van der Waals surface area contributed by atoms with E-state index in [4.69, 9.17) is 4.74 Å². The third-order valence-corrected chi connectivity index (χ3v) is 4.43. The first kappa shape index (κ1) is 16.3. The Balaban J connectivity index is 2.31. The molecule has 0 atom stereocenters. The second-order valence-electron chi connectivity index (χ2n) is 6.35. The molecule has 0 unspecified atom stereocenters. The lowest BCUT2D eigenvalue weighted by Crippen LogP contribution is -1.98. The highest BCUT2D eigenvalue weighted by Gasteiger charge is 2.17. The highest BCUT2D eigenvalue weighted by atomic mass is 16.5. The summed E-state index contributed by atoms with van der Waals surface area (Å²) in [6.07, 6.45) is 2.86. The van der Waals surface area contributed by atoms with E-state index in [9.17, 15) is 4.79 Å². The molecule has 0 aliphatic carbocycles. The van der Waals surface area contributed by atoms with Gasteiger partial charge in [0.05, 0.1) is 12.3 Å². The van der Waals surface area contributed by atoms with Gasteiger partial charge in [0.25, 0.3) is 0 Å². The third kappa shape index (κ3) is 2.71. The van der Waals surface area contributed by atoms with Gasteiger partial charge in [-0.3, -0.25) is 4.79 Å². The van der Waals surface area contributed by atoms with Gasteiger partial charge in [-0.2, -0.15) is 0 Å². The van der Waals surface area contributed by atoms with Crippen LogP contribution in [0.2, 0.25) is 0 Å². The van der Waals surface area contributed by atoms with Gasteiger partial charge in [-0.25, -0.2) is 0 Å². The Morgan fingerprint density at radius 3 is 2.62 bits per heavy atom. The third-order valence-electron chi connectivity index (χ3n) is 4.43. The number of hydrogen-bond acceptors (Lipinski definition) is 2. The Kier molecular flexibility index (Phi) is 4.43. The Labute approximate surface area is 142 Å². The number of aldehydes is 1. The first-order chi connectivity index (χ1) is 11.6. The fourth-order valence-electron chi connectivity index (χ4n) is 3.10. The molecular formula is C21H23NO2. The largest absolute Gasteiger partial charge is 0.493 e. The molecule has 2 heterocycles. The molecule has 0 saturated carbocycles. The summed E-state index contributed by atoms with van der Waals surface area (Å²) < 4.78 is 7.78. The normalized spacial score (nSPS) is 11.2. The van der Waals surface area contributed by atoms with Crippen LogP contribution in [0.5, 0.6) is 5.75 Å². The molecule has 24 heavy (non-hydrogen) atoms. The van der Waals surface area contributed by atoms with Crippen molar-refractivity contribution in [2.75, 3.05) is 6.61 Å². The van der Waals surface area contributed by atoms with Gasteiger partial charge in [0.1, 0.15) is 5.75 Å². The minimum absolute atomic E-state index is 0.415. The summed E-state index contributed by atoms with van der Waals surface area (Å²) in [5, 5.41) is 0. The molecule has 0 aliphatic heterocycles. The monoisotopic (exact) mass is 321 g/mol. The van der Waals surface area contributed by atoms with Crippen molar-refractivity contribution < 1.29 is 9.53 Å². The van der Waals surface area contributed by atoms with E-state index >= 15 is 0 Å². The number of rotatable bonds is 5. The van der Waals surface area contributed by atoms with Crippen molar-refractivity contribution in [3.63, 3.8) is 0 Å². The van der Waals surface area contributed by atoms with Crippen LogP contribution in [-0.4, -0.2) is 17.3 Å². The molecule has 3 heteroatoms. The SMILES string of the molecule is CCOc1ccc(C(C)C)cc1-c1cc2c(C)cccn2c1C=O. The highest BCUT2D eigenvalue weighted by molar-refractivity contribution is 5.92. The number of ether oxygens (including phenoxy) is 1. The number of nitrogens with zero attached hydrogens (tertiary/aromatic N) is 1. The molecule has 0 saturated heterocycles. The molecule has 2 aromatic heterocycles. The summed E-state index contributed by atoms with van der Waals surface area (Å²) >= 11 is 0. The van der Waals surface area contributed by atoms with Gasteiger partial charge in [0.2, 0.25) is 0 Å². The van der Waals surface area contributed by atoms with E-state index in [0.717, 1.165) is 34.2 Å². The van der Waals surface area contributed by atoms with Crippen molar-refractivity contribution in [3.05, 3.63) is 59.4 Å². The minimum atomic E-state index is 0.415. The van der Waals surface area contributed by atoms with Crippen molar-refractivity contribution >= 4 is 11.8 Å². The Morgan fingerprint density at radius 1 is 1.17 bits per heavy atom. The van der Waals surface area contributed by atoms with Gasteiger partial charge >= 0.3 is 0 Å². The van der Waals surface area contributed by atoms with E-state index in [1.807, 2.05) is 29.7 Å². The number of aromatic nitrogens is 1. The first-order valence-corrected chi connectivity index (χ1v) is 8.39. The first-order valence-electron chi connectivity index (χ1n) is 8.39. The second kappa shape index (κ2) is 6.52. The number of fused-ring (bicyclic) bond motifs is 1. The zero-order chi connectivity index (χ0) is 17.3. The van der Waals surface area contributed by atoms with Gasteiger partial charge in [-0.05, 0) is 55.2 Å². The van der Waals surface area contributed by atoms with Gasteiger partial charge < -0.3 is 9.14 Å². The number of carbonyl (C=O) groups is 1. The van der Waals surface area contributed by atoms with Crippen LogP contribution in [0.15, 0.2) is 42.6 Å². The Bertz CT molecular complexity index is 890. The van der Waals surface area contributed by atoms with E-state index < -0.39 is 0 Å². The minimum Gasteiger partial charge on any atom is -0.493 e. The number of benzene rings is 1. The van der Waals surface area contributed by atoms with Crippen LogP contribution in [0.4, 0.5) is 0 Å². The lowest BCUT2D eigenvalue weighted by atomic mass is 9.96. The lowest BCUT2D eigenvalue weighted by Gasteiger charge is -2.14. The summed E-state index contributed by atoms with van der Waals surface area (Å²) in [7, 11) is 0. The molecule has 0 N–H and O–H groups in total. The molecule has 0 aliphatic rings. The standard InChI is InChI=1S/C21H23NO2/c1-5-24-21-9-8-16(14(2)3)11-18(21)17-12-19-15(4)7-6-10-22(19)20(17)13-23/h6-14H,5H2,1-4H3. The maximum Gasteiger partial charge on any atom is 0.167 e. The van der Waals surface area contributed by atoms with Gasteiger partial charge in [-0.1, -0.05) is 26.0 Å². The summed E-state index contributed by atoms with van der Waals surface area (Å²) in [6, 6.07) is 12.4. The summed E-state index contributed by atoms with van der Waals surface area (Å²) in [4.78, 5) is 11.8. The molecule has 3 nitrogen and oxygen atoms in total. The van der Waals surface area contributed by atoms with Crippen LogP contribution >= 0.6 is 0 Å². The van der Waals surface area contributed by atoms with E-state index in [2.05, 4.69) is 45.0 Å². The van der Waals surface area contributed by atoms with Crippen LogP contribution < -0.4 is 4.74 Å². The fraction of sp³-hybridized carbons (Fsp3) is 0.286. The molecule has 3 aromatic rings. The van der Waals surface area contributed by atoms with Crippen LogP contribution in [0.3, 0.4) is 0 Å². The summed E-state index contributed by atoms with van der Waals surface area (Å²) in [5.41, 5.74) is 5.99. The topological polar surface area (TPSA) is 30.7 Å². The van der Waals surface area contributed by atoms with Crippen molar-refractivity contribution in [3.8, 4) is 16.9 Å². The molecule has 0 amide bonds. The van der Waals surface area contributed by atoms with Gasteiger partial charge in [-0.15, -0.1) is 0 Å². The molecule has 1 aromatic carbocycles. The van der Waals surface area contributed by atoms with Crippen LogP contribution in [-0.2, 0) is 0 Å². The zero-order valence-electron chi connectivity index (χ0n) is 14.7. The van der Waals surface area contributed by atoms with Crippen LogP contribution in [0.25, 0.3) is 16.6 Å². The van der Waals surface area contributed by atoms with Gasteiger partial charge in [0, 0.05) is 22.8 Å². The molecule has 0 radical (unpaired) electrons. The Morgan fingerprint density at radius 2 is 1.96 bits per heavy atom. The summed E-state index contributed by atoms with van der Waals surface area (Å²) in [6.45, 7) is 8.96. The predicted molar refractivity (Wildman–Crippen MR) is 98.2 cm³/mol. The lowest BCUT2D eigenvalue weighted by molar-refractivity contribution is 0.111. The molecule has 124 valence electrons. The van der Waals surface area contributed by atoms with E-state index in [-0.39, 0.29) is 0 Å². The van der Waals surface area contributed by atoms with E-state index in [1.165, 1.54) is 5.56 Å². The molecule has 3 rings (SSSR count). The summed E-state index contributed by atoms with van der Waals surface area (Å²) in [5.74, 6) is 1.23. The predicted octanol–water partition coefficient (Wildman–Crippen LogP) is 5.25. The van der Waals surface area contributed by atoms with Crippen molar-refractivity contribution in [1.29, 1.82) is 0 Å². The van der Waals surface area contributed by atoms with Crippen molar-refractivity contribution in [2.24, 2.45) is 0 Å². The molecular weight excluding hydrogens is 298 g/mol. The van der Waals surface area contributed by atoms with E-state index in [0.29, 0.717) is 18.2 Å². The van der Waals surface area contributed by atoms with Crippen molar-refractivity contribution in [2.45, 2.75) is 33.6 Å². The number of carbonyl (C=O) groups excluding carboxylic acids is 1.